The topological polar surface area (TPSA) is 96.3 Å². The zero-order chi connectivity index (χ0) is 21.5. The summed E-state index contributed by atoms with van der Waals surface area (Å²) in [5.74, 6) is -1.09. The lowest BCUT2D eigenvalue weighted by Crippen LogP contribution is -2.41. The van der Waals surface area contributed by atoms with Gasteiger partial charge in [-0.25, -0.2) is 13.9 Å². The SMILES string of the molecule is Cc1cc(NC(=O)CN2C(=O)NC(C)(c3cccs3)C2=O)n(-c2ccc(F)cc2)n1. The van der Waals surface area contributed by atoms with Gasteiger partial charge in [-0.1, -0.05) is 6.07 Å². The molecule has 3 heterocycles. The maximum Gasteiger partial charge on any atom is 0.325 e. The molecule has 1 aliphatic rings. The molecule has 1 aromatic carbocycles. The van der Waals surface area contributed by atoms with E-state index >= 15 is 0 Å². The molecule has 0 aliphatic carbocycles. The smallest absolute Gasteiger partial charge is 0.319 e. The van der Waals surface area contributed by atoms with E-state index in [4.69, 9.17) is 0 Å². The predicted molar refractivity (Wildman–Crippen MR) is 109 cm³/mol. The fourth-order valence-corrected chi connectivity index (χ4v) is 4.10. The maximum atomic E-state index is 13.2. The number of nitrogens with one attached hydrogen (secondary N) is 2. The van der Waals surface area contributed by atoms with E-state index in [0.29, 0.717) is 22.1 Å². The number of aryl methyl sites for hydroxylation is 1. The molecule has 3 aromatic rings. The van der Waals surface area contributed by atoms with Crippen LogP contribution in [0.4, 0.5) is 15.0 Å². The molecule has 2 N–H and O–H groups in total. The van der Waals surface area contributed by atoms with Gasteiger partial charge in [-0.15, -0.1) is 11.3 Å². The Labute approximate surface area is 175 Å². The number of carbonyl (C=O) groups is 3. The second-order valence-electron chi connectivity index (χ2n) is 7.03. The number of carbonyl (C=O) groups excluding carboxylic acids is 3. The lowest BCUT2D eigenvalue weighted by molar-refractivity contribution is -0.133. The summed E-state index contributed by atoms with van der Waals surface area (Å²) in [5, 5.41) is 11.5. The Morgan fingerprint density at radius 3 is 2.67 bits per heavy atom. The van der Waals surface area contributed by atoms with Crippen LogP contribution in [-0.2, 0) is 15.1 Å². The van der Waals surface area contributed by atoms with E-state index in [0.717, 1.165) is 4.90 Å². The van der Waals surface area contributed by atoms with Crippen LogP contribution in [0.3, 0.4) is 0 Å². The zero-order valence-corrected chi connectivity index (χ0v) is 17.0. The number of urea groups is 1. The van der Waals surface area contributed by atoms with Crippen LogP contribution in [0, 0.1) is 12.7 Å². The molecule has 4 amide bonds. The van der Waals surface area contributed by atoms with Crippen molar-refractivity contribution in [1.29, 1.82) is 0 Å². The van der Waals surface area contributed by atoms with Gasteiger partial charge < -0.3 is 10.6 Å². The molecule has 1 atom stereocenters. The van der Waals surface area contributed by atoms with Crippen LogP contribution >= 0.6 is 11.3 Å². The van der Waals surface area contributed by atoms with Crippen molar-refractivity contribution in [3.63, 3.8) is 0 Å². The van der Waals surface area contributed by atoms with Gasteiger partial charge in [0.25, 0.3) is 5.91 Å². The number of amides is 4. The lowest BCUT2D eigenvalue weighted by atomic mass is 10.0. The highest BCUT2D eigenvalue weighted by Gasteiger charge is 2.50. The van der Waals surface area contributed by atoms with Crippen molar-refractivity contribution in [2.75, 3.05) is 11.9 Å². The van der Waals surface area contributed by atoms with Crippen LogP contribution in [0.2, 0.25) is 0 Å². The molecule has 30 heavy (non-hydrogen) atoms. The van der Waals surface area contributed by atoms with E-state index in [1.165, 1.54) is 40.3 Å². The van der Waals surface area contributed by atoms with Crippen LogP contribution < -0.4 is 10.6 Å². The second kappa shape index (κ2) is 7.38. The second-order valence-corrected chi connectivity index (χ2v) is 7.98. The van der Waals surface area contributed by atoms with Crippen LogP contribution in [-0.4, -0.2) is 39.1 Å². The Balaban J connectivity index is 1.51. The molecule has 10 heteroatoms. The third-order valence-electron chi connectivity index (χ3n) is 4.76. The molecule has 0 spiro atoms. The van der Waals surface area contributed by atoms with E-state index in [2.05, 4.69) is 15.7 Å². The van der Waals surface area contributed by atoms with E-state index < -0.39 is 29.9 Å². The number of benzene rings is 1. The summed E-state index contributed by atoms with van der Waals surface area (Å²) in [4.78, 5) is 39.4. The molecule has 1 saturated heterocycles. The van der Waals surface area contributed by atoms with E-state index in [-0.39, 0.29) is 5.82 Å². The lowest BCUT2D eigenvalue weighted by Gasteiger charge is -2.20. The summed E-state index contributed by atoms with van der Waals surface area (Å²) in [5.41, 5.74) is -0.00666. The predicted octanol–water partition coefficient (Wildman–Crippen LogP) is 2.79. The Hall–Kier alpha value is -3.53. The van der Waals surface area contributed by atoms with Crippen LogP contribution in [0.5, 0.6) is 0 Å². The number of nitrogens with zero attached hydrogens (tertiary/aromatic N) is 3. The largest absolute Gasteiger partial charge is 0.325 e. The highest BCUT2D eigenvalue weighted by molar-refractivity contribution is 7.10. The minimum absolute atomic E-state index is 0.345. The van der Waals surface area contributed by atoms with Crippen molar-refractivity contribution in [1.82, 2.24) is 20.0 Å². The van der Waals surface area contributed by atoms with Gasteiger partial charge in [0.05, 0.1) is 11.4 Å². The van der Waals surface area contributed by atoms with Gasteiger partial charge in [0.15, 0.2) is 5.54 Å². The molecule has 0 radical (unpaired) electrons. The standard InChI is InChI=1S/C20H18FN5O3S/c1-12-10-16(26(24-12)14-7-5-13(21)6-8-14)22-17(27)11-25-18(28)20(2,23-19(25)29)15-4-3-9-30-15/h3-10H,11H2,1-2H3,(H,22,27)(H,23,29). The third-order valence-corrected chi connectivity index (χ3v) is 5.85. The van der Waals surface area contributed by atoms with Gasteiger partial charge >= 0.3 is 6.03 Å². The molecule has 4 rings (SSSR count). The van der Waals surface area contributed by atoms with Crippen molar-refractivity contribution >= 4 is 35.0 Å². The first-order valence-electron chi connectivity index (χ1n) is 9.08. The highest BCUT2D eigenvalue weighted by Crippen LogP contribution is 2.31. The first-order chi connectivity index (χ1) is 14.3. The number of hydrogen-bond donors (Lipinski definition) is 2. The highest BCUT2D eigenvalue weighted by atomic mass is 32.1. The van der Waals surface area contributed by atoms with E-state index in [1.54, 1.807) is 32.0 Å². The van der Waals surface area contributed by atoms with Crippen molar-refractivity contribution < 1.29 is 18.8 Å². The number of aromatic nitrogens is 2. The van der Waals surface area contributed by atoms with E-state index in [9.17, 15) is 18.8 Å². The Bertz CT molecular complexity index is 1130. The number of anilines is 1. The maximum absolute atomic E-state index is 13.2. The van der Waals surface area contributed by atoms with E-state index in [1.807, 2.05) is 5.38 Å². The van der Waals surface area contributed by atoms with Crippen LogP contribution in [0.15, 0.2) is 47.8 Å². The van der Waals surface area contributed by atoms with Crippen LogP contribution in [0.25, 0.3) is 5.69 Å². The minimum Gasteiger partial charge on any atom is -0.319 e. The molecule has 0 saturated carbocycles. The van der Waals surface area contributed by atoms with Crippen molar-refractivity contribution in [2.45, 2.75) is 19.4 Å². The average molecular weight is 427 g/mol. The zero-order valence-electron chi connectivity index (χ0n) is 16.2. The minimum atomic E-state index is -1.20. The third kappa shape index (κ3) is 3.45. The van der Waals surface area contributed by atoms with Gasteiger partial charge in [-0.2, -0.15) is 5.10 Å². The monoisotopic (exact) mass is 427 g/mol. The van der Waals surface area contributed by atoms with Crippen molar-refractivity contribution in [2.24, 2.45) is 0 Å². The first kappa shape index (κ1) is 19.8. The summed E-state index contributed by atoms with van der Waals surface area (Å²) >= 11 is 1.35. The van der Waals surface area contributed by atoms with Crippen molar-refractivity contribution in [3.8, 4) is 5.69 Å². The molecule has 0 bridgehead atoms. The number of halogens is 1. The van der Waals surface area contributed by atoms with Gasteiger partial charge in [-0.05, 0) is 49.6 Å². The number of imide groups is 1. The van der Waals surface area contributed by atoms with Crippen LogP contribution in [0.1, 0.15) is 17.5 Å². The Kier molecular flexibility index (Phi) is 4.86. The molecule has 1 fully saturated rings. The summed E-state index contributed by atoms with van der Waals surface area (Å²) in [7, 11) is 0. The number of thiophene rings is 1. The number of rotatable bonds is 5. The fraction of sp³-hybridized carbons (Fsp3) is 0.200. The Morgan fingerprint density at radius 2 is 2.00 bits per heavy atom. The summed E-state index contributed by atoms with van der Waals surface area (Å²) in [6, 6.07) is 10.2. The molecule has 1 unspecified atom stereocenters. The van der Waals surface area contributed by atoms with Gasteiger partial charge in [0.1, 0.15) is 18.2 Å². The molecular weight excluding hydrogens is 409 g/mol. The molecular formula is C20H18FN5O3S. The van der Waals surface area contributed by atoms with Gasteiger partial charge in [0.2, 0.25) is 5.91 Å². The molecule has 8 nitrogen and oxygen atoms in total. The summed E-state index contributed by atoms with van der Waals surface area (Å²) in [6.45, 7) is 2.92. The van der Waals surface area contributed by atoms with Gasteiger partial charge in [-0.3, -0.25) is 14.5 Å². The number of hydrogen-bond acceptors (Lipinski definition) is 5. The average Bonchev–Trinajstić information content (AvgIpc) is 3.40. The van der Waals surface area contributed by atoms with Crippen molar-refractivity contribution in [3.05, 3.63) is 64.2 Å². The molecule has 154 valence electrons. The molecule has 1 aliphatic heterocycles. The Morgan fingerprint density at radius 1 is 1.27 bits per heavy atom. The molecule has 2 aromatic heterocycles. The normalized spacial score (nSPS) is 18.6. The quantitative estimate of drug-likeness (QED) is 0.612. The van der Waals surface area contributed by atoms with Gasteiger partial charge in [0, 0.05) is 10.9 Å². The summed E-state index contributed by atoms with van der Waals surface area (Å²) in [6.07, 6.45) is 0. The fourth-order valence-electron chi connectivity index (χ4n) is 3.26. The first-order valence-corrected chi connectivity index (χ1v) is 9.96. The summed E-state index contributed by atoms with van der Waals surface area (Å²) < 4.78 is 14.7.